The van der Waals surface area contributed by atoms with Gasteiger partial charge in [0.2, 0.25) is 0 Å². The van der Waals surface area contributed by atoms with E-state index in [4.69, 9.17) is 5.73 Å². The zero-order valence-electron chi connectivity index (χ0n) is 10.7. The molecule has 4 N–H and O–H groups in total. The molecule has 1 amide bonds. The van der Waals surface area contributed by atoms with Crippen molar-refractivity contribution in [1.82, 2.24) is 5.32 Å². The molecule has 1 aliphatic carbocycles. The number of amides is 1. The lowest BCUT2D eigenvalue weighted by molar-refractivity contribution is 0.0883. The molecule has 0 bridgehead atoms. The van der Waals surface area contributed by atoms with Crippen LogP contribution in [-0.4, -0.2) is 16.6 Å². The van der Waals surface area contributed by atoms with Crippen LogP contribution >= 0.6 is 0 Å². The van der Waals surface area contributed by atoms with E-state index in [2.05, 4.69) is 12.2 Å². The number of benzene rings is 1. The second kappa shape index (κ2) is 4.88. The van der Waals surface area contributed by atoms with Gasteiger partial charge in [-0.25, -0.2) is 0 Å². The predicted octanol–water partition coefficient (Wildman–Crippen LogP) is 2.43. The van der Waals surface area contributed by atoms with E-state index in [0.29, 0.717) is 11.3 Å². The van der Waals surface area contributed by atoms with Crippen LogP contribution < -0.4 is 11.1 Å². The van der Waals surface area contributed by atoms with Gasteiger partial charge in [0.25, 0.3) is 5.91 Å². The van der Waals surface area contributed by atoms with Gasteiger partial charge in [-0.1, -0.05) is 19.3 Å². The Bertz CT molecular complexity index is 451. The summed E-state index contributed by atoms with van der Waals surface area (Å²) in [5.41, 5.74) is 6.36. The zero-order chi connectivity index (χ0) is 13.2. The molecule has 18 heavy (non-hydrogen) atoms. The normalized spacial score (nSPS) is 18.3. The third-order valence-corrected chi connectivity index (χ3v) is 3.65. The van der Waals surface area contributed by atoms with Crippen LogP contribution in [0, 0.1) is 0 Å². The van der Waals surface area contributed by atoms with Gasteiger partial charge in [-0.15, -0.1) is 0 Å². The van der Waals surface area contributed by atoms with Crippen LogP contribution in [0.4, 0.5) is 5.69 Å². The number of carbonyl (C=O) groups excluding carboxylic acids is 1. The molecule has 0 radical (unpaired) electrons. The maximum absolute atomic E-state index is 12.2. The standard InChI is InChI=1S/C14H20N2O2/c1-14(7-3-2-4-8-14)16-13(18)11-9-10(17)5-6-12(11)15/h5-6,9,17H,2-4,7-8,15H2,1H3,(H,16,18). The van der Waals surface area contributed by atoms with Gasteiger partial charge in [-0.2, -0.15) is 0 Å². The summed E-state index contributed by atoms with van der Waals surface area (Å²) in [5.74, 6) is -0.143. The van der Waals surface area contributed by atoms with E-state index >= 15 is 0 Å². The minimum Gasteiger partial charge on any atom is -0.508 e. The smallest absolute Gasteiger partial charge is 0.253 e. The first kappa shape index (κ1) is 12.7. The van der Waals surface area contributed by atoms with Gasteiger partial charge in [-0.05, 0) is 38.0 Å². The summed E-state index contributed by atoms with van der Waals surface area (Å²) in [4.78, 5) is 12.2. The van der Waals surface area contributed by atoms with Crippen molar-refractivity contribution in [3.8, 4) is 5.75 Å². The molecule has 0 aliphatic heterocycles. The number of nitrogens with two attached hydrogens (primary N) is 1. The number of carbonyl (C=O) groups is 1. The van der Waals surface area contributed by atoms with Crippen molar-refractivity contribution < 1.29 is 9.90 Å². The van der Waals surface area contributed by atoms with Gasteiger partial charge in [0.15, 0.2) is 0 Å². The zero-order valence-corrected chi connectivity index (χ0v) is 10.7. The number of anilines is 1. The van der Waals surface area contributed by atoms with Crippen LogP contribution in [0.3, 0.4) is 0 Å². The van der Waals surface area contributed by atoms with E-state index in [1.54, 1.807) is 6.07 Å². The Labute approximate surface area is 107 Å². The maximum atomic E-state index is 12.2. The van der Waals surface area contributed by atoms with Crippen molar-refractivity contribution in [2.24, 2.45) is 0 Å². The van der Waals surface area contributed by atoms with E-state index in [1.165, 1.54) is 18.6 Å². The van der Waals surface area contributed by atoms with Crippen molar-refractivity contribution >= 4 is 11.6 Å². The van der Waals surface area contributed by atoms with Gasteiger partial charge in [0, 0.05) is 11.2 Å². The molecule has 98 valence electrons. The number of phenolic OH excluding ortho intramolecular Hbond substituents is 1. The number of nitrogen functional groups attached to an aromatic ring is 1. The molecule has 1 aliphatic rings. The average molecular weight is 248 g/mol. The Morgan fingerprint density at radius 3 is 2.67 bits per heavy atom. The van der Waals surface area contributed by atoms with E-state index < -0.39 is 0 Å². The molecule has 0 aromatic heterocycles. The maximum Gasteiger partial charge on any atom is 0.253 e. The molecule has 1 aromatic rings. The van der Waals surface area contributed by atoms with Crippen LogP contribution in [0.25, 0.3) is 0 Å². The summed E-state index contributed by atoms with van der Waals surface area (Å²) < 4.78 is 0. The summed E-state index contributed by atoms with van der Waals surface area (Å²) in [5, 5.41) is 12.5. The predicted molar refractivity (Wildman–Crippen MR) is 71.5 cm³/mol. The molecule has 0 saturated heterocycles. The van der Waals surface area contributed by atoms with Crippen LogP contribution in [0.2, 0.25) is 0 Å². The molecular weight excluding hydrogens is 228 g/mol. The van der Waals surface area contributed by atoms with Crippen LogP contribution in [0.5, 0.6) is 5.75 Å². The van der Waals surface area contributed by atoms with Gasteiger partial charge in [0.1, 0.15) is 5.75 Å². The summed E-state index contributed by atoms with van der Waals surface area (Å²) in [7, 11) is 0. The van der Waals surface area contributed by atoms with Crippen LogP contribution in [0.1, 0.15) is 49.4 Å². The van der Waals surface area contributed by atoms with E-state index in [-0.39, 0.29) is 17.2 Å². The largest absolute Gasteiger partial charge is 0.508 e. The van der Waals surface area contributed by atoms with Crippen molar-refractivity contribution in [2.45, 2.75) is 44.6 Å². The molecule has 1 saturated carbocycles. The topological polar surface area (TPSA) is 75.3 Å². The third-order valence-electron chi connectivity index (χ3n) is 3.65. The monoisotopic (exact) mass is 248 g/mol. The highest BCUT2D eigenvalue weighted by Gasteiger charge is 2.29. The van der Waals surface area contributed by atoms with E-state index in [0.717, 1.165) is 25.7 Å². The first-order valence-corrected chi connectivity index (χ1v) is 6.41. The first-order valence-electron chi connectivity index (χ1n) is 6.41. The number of hydrogen-bond acceptors (Lipinski definition) is 3. The molecular formula is C14H20N2O2. The fraction of sp³-hybridized carbons (Fsp3) is 0.500. The number of aromatic hydroxyl groups is 1. The highest BCUT2D eigenvalue weighted by Crippen LogP contribution is 2.28. The van der Waals surface area contributed by atoms with Gasteiger partial charge in [0.05, 0.1) is 5.56 Å². The number of hydrogen-bond donors (Lipinski definition) is 3. The second-order valence-corrected chi connectivity index (χ2v) is 5.35. The lowest BCUT2D eigenvalue weighted by atomic mass is 9.83. The molecule has 0 spiro atoms. The fourth-order valence-electron chi connectivity index (χ4n) is 2.54. The van der Waals surface area contributed by atoms with Gasteiger partial charge in [-0.3, -0.25) is 4.79 Å². The summed E-state index contributed by atoms with van der Waals surface area (Å²) in [6, 6.07) is 4.44. The Morgan fingerprint density at radius 1 is 1.33 bits per heavy atom. The lowest BCUT2D eigenvalue weighted by Gasteiger charge is -2.34. The molecule has 0 heterocycles. The van der Waals surface area contributed by atoms with Crippen molar-refractivity contribution in [2.75, 3.05) is 5.73 Å². The number of nitrogens with one attached hydrogen (secondary N) is 1. The number of rotatable bonds is 2. The Hall–Kier alpha value is -1.71. The van der Waals surface area contributed by atoms with Gasteiger partial charge >= 0.3 is 0 Å². The lowest BCUT2D eigenvalue weighted by Crippen LogP contribution is -2.47. The fourth-order valence-corrected chi connectivity index (χ4v) is 2.54. The Morgan fingerprint density at radius 2 is 2.00 bits per heavy atom. The molecule has 0 atom stereocenters. The molecule has 4 heteroatoms. The minimum absolute atomic E-state index is 0.0585. The van der Waals surface area contributed by atoms with Crippen molar-refractivity contribution in [1.29, 1.82) is 0 Å². The molecule has 1 fully saturated rings. The second-order valence-electron chi connectivity index (χ2n) is 5.35. The molecule has 2 rings (SSSR count). The van der Waals surface area contributed by atoms with Crippen molar-refractivity contribution in [3.05, 3.63) is 23.8 Å². The third kappa shape index (κ3) is 2.75. The highest BCUT2D eigenvalue weighted by molar-refractivity contribution is 5.99. The highest BCUT2D eigenvalue weighted by atomic mass is 16.3. The summed E-state index contributed by atoms with van der Waals surface area (Å²) >= 11 is 0. The van der Waals surface area contributed by atoms with E-state index in [1.807, 2.05) is 0 Å². The first-order chi connectivity index (χ1) is 8.50. The number of phenols is 1. The van der Waals surface area contributed by atoms with Crippen molar-refractivity contribution in [3.63, 3.8) is 0 Å². The Balaban J connectivity index is 2.14. The molecule has 4 nitrogen and oxygen atoms in total. The van der Waals surface area contributed by atoms with Crippen LogP contribution in [0.15, 0.2) is 18.2 Å². The SMILES string of the molecule is CC1(NC(=O)c2cc(O)ccc2N)CCCCC1. The molecule has 0 unspecified atom stereocenters. The summed E-state index contributed by atoms with van der Waals surface area (Å²) in [6.07, 6.45) is 5.52. The minimum atomic E-state index is -0.201. The van der Waals surface area contributed by atoms with Gasteiger partial charge < -0.3 is 16.2 Å². The van der Waals surface area contributed by atoms with Crippen LogP contribution in [-0.2, 0) is 0 Å². The average Bonchev–Trinajstić information content (AvgIpc) is 2.32. The Kier molecular flexibility index (Phi) is 3.45. The van der Waals surface area contributed by atoms with E-state index in [9.17, 15) is 9.90 Å². The summed E-state index contributed by atoms with van der Waals surface area (Å²) in [6.45, 7) is 2.07. The quantitative estimate of drug-likeness (QED) is 0.556. The molecule has 1 aromatic carbocycles.